The first-order valence-electron chi connectivity index (χ1n) is 4.19. The van der Waals surface area contributed by atoms with E-state index in [0.717, 1.165) is 4.47 Å². The summed E-state index contributed by atoms with van der Waals surface area (Å²) in [5.41, 5.74) is 0.620. The number of ketones is 1. The highest BCUT2D eigenvalue weighted by Crippen LogP contribution is 2.34. The Labute approximate surface area is 104 Å². The third kappa shape index (κ3) is 3.28. The van der Waals surface area contributed by atoms with Crippen LogP contribution >= 0.6 is 31.9 Å². The Balaban J connectivity index is 3.11. The van der Waals surface area contributed by atoms with Crippen LogP contribution in [-0.2, 0) is 4.79 Å². The number of hydrogen-bond donors (Lipinski definition) is 0. The fourth-order valence-corrected chi connectivity index (χ4v) is 1.86. The van der Waals surface area contributed by atoms with Crippen molar-refractivity contribution < 1.29 is 13.9 Å². The first-order valence-corrected chi connectivity index (χ1v) is 5.90. The average Bonchev–Trinajstić information content (AvgIpc) is 2.20. The Hall–Kier alpha value is -0.420. The first kappa shape index (κ1) is 12.6. The van der Waals surface area contributed by atoms with E-state index in [-0.39, 0.29) is 5.78 Å². The van der Waals surface area contributed by atoms with Crippen molar-refractivity contribution in [3.63, 3.8) is 0 Å². The van der Waals surface area contributed by atoms with Gasteiger partial charge >= 0.3 is 0 Å². The molecule has 0 saturated heterocycles. The summed E-state index contributed by atoms with van der Waals surface area (Å²) in [5.74, 6) is 0.314. The quantitative estimate of drug-likeness (QED) is 0.780. The van der Waals surface area contributed by atoms with Crippen molar-refractivity contribution in [3.8, 4) is 5.75 Å². The summed E-state index contributed by atoms with van der Waals surface area (Å²) in [6.45, 7) is 0.547. The second kappa shape index (κ2) is 5.61. The molecule has 15 heavy (non-hydrogen) atoms. The molecule has 1 rings (SSSR count). The van der Waals surface area contributed by atoms with E-state index < -0.39 is 11.7 Å². The van der Waals surface area contributed by atoms with Gasteiger partial charge in [0, 0.05) is 10.0 Å². The lowest BCUT2D eigenvalue weighted by Gasteiger charge is -2.12. The topological polar surface area (TPSA) is 26.3 Å². The van der Waals surface area contributed by atoms with Gasteiger partial charge in [-0.25, -0.2) is 4.39 Å². The molecule has 0 aliphatic rings. The first-order chi connectivity index (χ1) is 7.06. The molecule has 0 aliphatic carbocycles. The SMILES string of the molecule is CC(=O)C(Br)c1cc(Br)ccc1OCF. The van der Waals surface area contributed by atoms with Crippen LogP contribution in [0.5, 0.6) is 5.75 Å². The number of ether oxygens (including phenoxy) is 1. The second-order valence-electron chi connectivity index (χ2n) is 2.91. The molecule has 0 spiro atoms. The molecule has 0 fully saturated rings. The molecule has 0 amide bonds. The maximum absolute atomic E-state index is 12.1. The Morgan fingerprint density at radius 1 is 1.60 bits per heavy atom. The maximum atomic E-state index is 12.1. The van der Waals surface area contributed by atoms with Crippen molar-refractivity contribution in [1.29, 1.82) is 0 Å². The normalized spacial score (nSPS) is 12.3. The van der Waals surface area contributed by atoms with Crippen molar-refractivity contribution in [1.82, 2.24) is 0 Å². The minimum Gasteiger partial charge on any atom is -0.463 e. The van der Waals surface area contributed by atoms with E-state index >= 15 is 0 Å². The summed E-state index contributed by atoms with van der Waals surface area (Å²) in [4.78, 5) is 10.7. The van der Waals surface area contributed by atoms with Gasteiger partial charge in [-0.3, -0.25) is 4.79 Å². The smallest absolute Gasteiger partial charge is 0.228 e. The number of hydrogen-bond acceptors (Lipinski definition) is 2. The van der Waals surface area contributed by atoms with E-state index in [2.05, 4.69) is 31.9 Å². The summed E-state index contributed by atoms with van der Waals surface area (Å²) in [6.07, 6.45) is 0. The molecule has 0 radical (unpaired) electrons. The molecule has 0 N–H and O–H groups in total. The number of Topliss-reactive ketones (excluding diaryl/α,β-unsaturated/α-hetero) is 1. The Morgan fingerprint density at radius 3 is 2.80 bits per heavy atom. The maximum Gasteiger partial charge on any atom is 0.228 e. The largest absolute Gasteiger partial charge is 0.463 e. The summed E-state index contributed by atoms with van der Waals surface area (Å²) < 4.78 is 17.7. The van der Waals surface area contributed by atoms with E-state index in [1.807, 2.05) is 0 Å². The Morgan fingerprint density at radius 2 is 2.27 bits per heavy atom. The van der Waals surface area contributed by atoms with Gasteiger partial charge in [-0.2, -0.15) is 0 Å². The van der Waals surface area contributed by atoms with E-state index in [1.54, 1.807) is 18.2 Å². The van der Waals surface area contributed by atoms with Gasteiger partial charge in [0.15, 0.2) is 0 Å². The van der Waals surface area contributed by atoms with Crippen LogP contribution in [-0.4, -0.2) is 12.6 Å². The lowest BCUT2D eigenvalue weighted by molar-refractivity contribution is -0.116. The lowest BCUT2D eigenvalue weighted by atomic mass is 10.1. The molecule has 0 saturated carbocycles. The number of rotatable bonds is 4. The molecule has 2 nitrogen and oxygen atoms in total. The molecule has 82 valence electrons. The van der Waals surface area contributed by atoms with Gasteiger partial charge in [0.25, 0.3) is 0 Å². The lowest BCUT2D eigenvalue weighted by Crippen LogP contribution is -2.04. The van der Waals surface area contributed by atoms with Crippen LogP contribution in [0.2, 0.25) is 0 Å². The Kier molecular flexibility index (Phi) is 4.73. The monoisotopic (exact) mass is 338 g/mol. The highest BCUT2D eigenvalue weighted by Gasteiger charge is 2.17. The minimum absolute atomic E-state index is 0.0585. The zero-order valence-corrected chi connectivity index (χ0v) is 11.1. The average molecular weight is 340 g/mol. The minimum atomic E-state index is -0.910. The van der Waals surface area contributed by atoms with E-state index in [4.69, 9.17) is 4.74 Å². The van der Waals surface area contributed by atoms with Crippen molar-refractivity contribution in [3.05, 3.63) is 28.2 Å². The number of carbonyl (C=O) groups excluding carboxylic acids is 1. The molecule has 1 aromatic rings. The van der Waals surface area contributed by atoms with Crippen LogP contribution in [0.1, 0.15) is 17.3 Å². The van der Waals surface area contributed by atoms with Crippen LogP contribution in [0.25, 0.3) is 0 Å². The Bertz CT molecular complexity index is 368. The van der Waals surface area contributed by atoms with Crippen LogP contribution in [0.15, 0.2) is 22.7 Å². The molecule has 1 atom stereocenters. The molecular formula is C10H9Br2FO2. The summed E-state index contributed by atoms with van der Waals surface area (Å²) >= 11 is 6.52. The zero-order valence-electron chi connectivity index (χ0n) is 7.97. The van der Waals surface area contributed by atoms with Crippen molar-refractivity contribution in [2.45, 2.75) is 11.8 Å². The molecular weight excluding hydrogens is 331 g/mol. The highest BCUT2D eigenvalue weighted by molar-refractivity contribution is 9.10. The molecule has 0 aliphatic heterocycles. The van der Waals surface area contributed by atoms with Gasteiger partial charge < -0.3 is 4.74 Å². The fraction of sp³-hybridized carbons (Fsp3) is 0.300. The zero-order chi connectivity index (χ0) is 11.4. The van der Waals surface area contributed by atoms with Crippen LogP contribution < -0.4 is 4.74 Å². The molecule has 1 unspecified atom stereocenters. The van der Waals surface area contributed by atoms with Gasteiger partial charge in [-0.05, 0) is 25.1 Å². The van der Waals surface area contributed by atoms with Crippen LogP contribution in [0, 0.1) is 0 Å². The second-order valence-corrected chi connectivity index (χ2v) is 4.74. The van der Waals surface area contributed by atoms with Gasteiger partial charge in [0.05, 0.1) is 0 Å². The third-order valence-corrected chi connectivity index (χ3v) is 3.44. The van der Waals surface area contributed by atoms with Crippen molar-refractivity contribution in [2.75, 3.05) is 6.86 Å². The predicted molar refractivity (Wildman–Crippen MR) is 63.1 cm³/mol. The van der Waals surface area contributed by atoms with E-state index in [0.29, 0.717) is 11.3 Å². The van der Waals surface area contributed by atoms with Crippen LogP contribution in [0.4, 0.5) is 4.39 Å². The number of benzene rings is 1. The summed E-state index contributed by atoms with van der Waals surface area (Å²) in [5, 5.41) is 0. The van der Waals surface area contributed by atoms with E-state index in [9.17, 15) is 9.18 Å². The van der Waals surface area contributed by atoms with Crippen molar-refractivity contribution >= 4 is 37.6 Å². The van der Waals surface area contributed by atoms with Gasteiger partial charge in [-0.1, -0.05) is 31.9 Å². The number of halogens is 3. The van der Waals surface area contributed by atoms with Gasteiger partial charge in [0.2, 0.25) is 6.86 Å². The summed E-state index contributed by atoms with van der Waals surface area (Å²) in [6, 6.07) is 5.08. The highest BCUT2D eigenvalue weighted by atomic mass is 79.9. The predicted octanol–water partition coefficient (Wildman–Crippen LogP) is 3.78. The molecule has 5 heteroatoms. The summed E-state index contributed by atoms with van der Waals surface area (Å²) in [7, 11) is 0. The van der Waals surface area contributed by atoms with Gasteiger partial charge in [0.1, 0.15) is 16.4 Å². The van der Waals surface area contributed by atoms with Gasteiger partial charge in [-0.15, -0.1) is 0 Å². The van der Waals surface area contributed by atoms with Crippen molar-refractivity contribution in [2.24, 2.45) is 0 Å². The molecule has 0 aromatic heterocycles. The number of alkyl halides is 2. The molecule has 0 heterocycles. The standard InChI is InChI=1S/C10H9Br2FO2/c1-6(14)10(12)8-4-7(11)2-3-9(8)15-5-13/h2-4,10H,5H2,1H3. The fourth-order valence-electron chi connectivity index (χ4n) is 1.13. The molecule has 0 bridgehead atoms. The third-order valence-electron chi connectivity index (χ3n) is 1.81. The van der Waals surface area contributed by atoms with E-state index in [1.165, 1.54) is 6.92 Å². The number of carbonyl (C=O) groups is 1. The molecule has 1 aromatic carbocycles. The van der Waals surface area contributed by atoms with Crippen LogP contribution in [0.3, 0.4) is 0 Å².